The molecule has 1 saturated heterocycles. The van der Waals surface area contributed by atoms with E-state index < -0.39 is 11.7 Å². The lowest BCUT2D eigenvalue weighted by Crippen LogP contribution is -2.52. The molecule has 3 atom stereocenters. The van der Waals surface area contributed by atoms with Crippen molar-refractivity contribution >= 4 is 11.7 Å². The van der Waals surface area contributed by atoms with Crippen molar-refractivity contribution in [3.05, 3.63) is 36.2 Å². The molecule has 10 nitrogen and oxygen atoms in total. The summed E-state index contributed by atoms with van der Waals surface area (Å²) in [4.78, 5) is 12.4. The minimum atomic E-state index is -0.840. The zero-order valence-electron chi connectivity index (χ0n) is 18.9. The van der Waals surface area contributed by atoms with Gasteiger partial charge in [-0.1, -0.05) is 18.1 Å². The molecule has 0 radical (unpaired) electrons. The first-order chi connectivity index (χ1) is 16.0. The second-order valence-electron chi connectivity index (χ2n) is 8.88. The zero-order chi connectivity index (χ0) is 23.3. The summed E-state index contributed by atoms with van der Waals surface area (Å²) in [7, 11) is 1.59. The molecule has 1 saturated carbocycles. The van der Waals surface area contributed by atoms with E-state index in [2.05, 4.69) is 20.9 Å². The molecule has 180 valence electrons. The normalized spacial score (nSPS) is 24.4. The number of ether oxygens (including phenoxy) is 2. The molecule has 2 fully saturated rings. The Morgan fingerprint density at radius 1 is 1.27 bits per heavy atom. The Hall–Kier alpha value is -2.69. The highest BCUT2D eigenvalue weighted by atomic mass is 16.5. The fraction of sp³-hybridized carbons (Fsp3) is 0.609. The summed E-state index contributed by atoms with van der Waals surface area (Å²) in [5.41, 5.74) is 0.454. The van der Waals surface area contributed by atoms with E-state index in [1.165, 1.54) is 0 Å². The van der Waals surface area contributed by atoms with Gasteiger partial charge in [0, 0.05) is 12.2 Å². The highest BCUT2D eigenvalue weighted by molar-refractivity contribution is 5.89. The third kappa shape index (κ3) is 5.82. The number of benzene rings is 1. The van der Waals surface area contributed by atoms with Gasteiger partial charge in [0.1, 0.15) is 23.1 Å². The molecule has 0 unspecified atom stereocenters. The summed E-state index contributed by atoms with van der Waals surface area (Å²) in [5.74, 6) is 0.713. The molecule has 10 heteroatoms. The van der Waals surface area contributed by atoms with Crippen LogP contribution >= 0.6 is 0 Å². The van der Waals surface area contributed by atoms with Crippen molar-refractivity contribution in [2.75, 3.05) is 19.0 Å². The quantitative estimate of drug-likeness (QED) is 0.476. The largest absolute Gasteiger partial charge is 0.497 e. The van der Waals surface area contributed by atoms with Crippen LogP contribution in [0.1, 0.15) is 50.6 Å². The number of aromatic nitrogens is 3. The number of urea groups is 1. The molecule has 1 aromatic heterocycles. The van der Waals surface area contributed by atoms with Crippen LogP contribution in [0.3, 0.4) is 0 Å². The lowest BCUT2D eigenvalue weighted by molar-refractivity contribution is -0.0905. The van der Waals surface area contributed by atoms with Gasteiger partial charge in [-0.3, -0.25) is 4.68 Å². The maximum Gasteiger partial charge on any atom is 0.319 e. The number of hydrogen-bond acceptors (Lipinski definition) is 7. The maximum atomic E-state index is 12.4. The minimum Gasteiger partial charge on any atom is -0.497 e. The molecule has 1 aliphatic heterocycles. The van der Waals surface area contributed by atoms with Crippen molar-refractivity contribution in [3.8, 4) is 5.75 Å². The monoisotopic (exact) mass is 459 g/mol. The van der Waals surface area contributed by atoms with Crippen LogP contribution in [0.4, 0.5) is 10.5 Å². The van der Waals surface area contributed by atoms with Gasteiger partial charge in [-0.25, -0.2) is 4.79 Å². The number of methoxy groups -OCH3 is 1. The van der Waals surface area contributed by atoms with Gasteiger partial charge in [-0.05, 0) is 56.4 Å². The smallest absolute Gasteiger partial charge is 0.319 e. The Kier molecular flexibility index (Phi) is 7.46. The van der Waals surface area contributed by atoms with Crippen LogP contribution in [0, 0.1) is 0 Å². The number of carbonyl (C=O) groups excluding carboxylic acids is 1. The number of hydrogen-bond donors (Lipinski definition) is 4. The van der Waals surface area contributed by atoms with Gasteiger partial charge in [0.25, 0.3) is 0 Å². The minimum absolute atomic E-state index is 0.0490. The number of aliphatic hydroxyl groups excluding tert-OH is 1. The third-order valence-electron chi connectivity index (χ3n) is 6.59. The van der Waals surface area contributed by atoms with Crippen molar-refractivity contribution in [1.29, 1.82) is 0 Å². The number of nitrogens with zero attached hydrogens (tertiary/aromatic N) is 3. The number of rotatable bonds is 8. The average Bonchev–Trinajstić information content (AvgIpc) is 3.49. The zero-order valence-corrected chi connectivity index (χ0v) is 18.9. The van der Waals surface area contributed by atoms with E-state index in [1.54, 1.807) is 36.1 Å². The second-order valence-corrected chi connectivity index (χ2v) is 8.88. The molecule has 0 bridgehead atoms. The fourth-order valence-corrected chi connectivity index (χ4v) is 4.63. The van der Waals surface area contributed by atoms with Crippen molar-refractivity contribution in [1.82, 2.24) is 20.3 Å². The van der Waals surface area contributed by atoms with Crippen LogP contribution in [-0.2, 0) is 16.9 Å². The van der Waals surface area contributed by atoms with E-state index in [1.807, 2.05) is 6.20 Å². The van der Waals surface area contributed by atoms with Gasteiger partial charge in [0.2, 0.25) is 0 Å². The molecule has 33 heavy (non-hydrogen) atoms. The van der Waals surface area contributed by atoms with E-state index in [0.29, 0.717) is 36.5 Å². The fourth-order valence-electron chi connectivity index (χ4n) is 4.63. The Morgan fingerprint density at radius 2 is 2.03 bits per heavy atom. The van der Waals surface area contributed by atoms with Gasteiger partial charge < -0.3 is 30.3 Å². The van der Waals surface area contributed by atoms with Crippen molar-refractivity contribution in [3.63, 3.8) is 0 Å². The Balaban J connectivity index is 1.24. The number of anilines is 1. The second kappa shape index (κ2) is 10.5. The van der Waals surface area contributed by atoms with Gasteiger partial charge in [-0.2, -0.15) is 0 Å². The number of aliphatic hydroxyl groups is 2. The molecule has 0 spiro atoms. The van der Waals surface area contributed by atoms with Crippen molar-refractivity contribution in [2.45, 2.75) is 75.3 Å². The van der Waals surface area contributed by atoms with E-state index in [-0.39, 0.29) is 24.8 Å². The number of carbonyl (C=O) groups is 1. The molecule has 2 aromatic rings. The number of nitrogens with one attached hydrogen (secondary N) is 2. The van der Waals surface area contributed by atoms with Crippen molar-refractivity contribution < 1.29 is 24.5 Å². The highest BCUT2D eigenvalue weighted by Gasteiger charge is 2.36. The maximum absolute atomic E-state index is 12.4. The predicted molar refractivity (Wildman–Crippen MR) is 121 cm³/mol. The first-order valence-corrected chi connectivity index (χ1v) is 11.6. The average molecular weight is 460 g/mol. The Labute approximate surface area is 193 Å². The summed E-state index contributed by atoms with van der Waals surface area (Å²) < 4.78 is 12.9. The van der Waals surface area contributed by atoms with E-state index in [4.69, 9.17) is 9.47 Å². The molecule has 2 heterocycles. The van der Waals surface area contributed by atoms with Crippen LogP contribution in [0.15, 0.2) is 30.5 Å². The summed E-state index contributed by atoms with van der Waals surface area (Å²) in [5, 5.41) is 34.5. The molecule has 2 aliphatic rings. The Bertz CT molecular complexity index is 912. The van der Waals surface area contributed by atoms with Crippen LogP contribution in [-0.4, -0.2) is 63.2 Å². The summed E-state index contributed by atoms with van der Waals surface area (Å²) in [6.07, 6.45) is 6.96. The van der Waals surface area contributed by atoms with Gasteiger partial charge >= 0.3 is 6.03 Å². The van der Waals surface area contributed by atoms with Crippen LogP contribution in [0.5, 0.6) is 5.75 Å². The predicted octanol–water partition coefficient (Wildman–Crippen LogP) is 2.17. The van der Waals surface area contributed by atoms with Gasteiger partial charge in [0.05, 0.1) is 32.1 Å². The molecule has 4 N–H and O–H groups in total. The molecular formula is C23H33N5O5. The Morgan fingerprint density at radius 3 is 2.73 bits per heavy atom. The highest BCUT2D eigenvalue weighted by Crippen LogP contribution is 2.37. The molecule has 1 aromatic carbocycles. The van der Waals surface area contributed by atoms with E-state index >= 15 is 0 Å². The topological polar surface area (TPSA) is 131 Å². The summed E-state index contributed by atoms with van der Waals surface area (Å²) >= 11 is 0. The van der Waals surface area contributed by atoms with Crippen LogP contribution < -0.4 is 15.4 Å². The van der Waals surface area contributed by atoms with E-state index in [0.717, 1.165) is 32.1 Å². The third-order valence-corrected chi connectivity index (χ3v) is 6.59. The summed E-state index contributed by atoms with van der Waals surface area (Å²) in [6.45, 7) is 0.437. The van der Waals surface area contributed by atoms with Crippen molar-refractivity contribution in [2.24, 2.45) is 0 Å². The first kappa shape index (κ1) is 23.5. The lowest BCUT2D eigenvalue weighted by atomic mass is 9.97. The number of aryl methyl sites for hydroxylation is 1. The molecular weight excluding hydrogens is 426 g/mol. The SMILES string of the molecule is COc1ccc(NC(=O)N[C@@H]2CC[C@H](CCn3cc(C4(O)CCCC4)nn3)O[C@H]2CO)cc1. The summed E-state index contributed by atoms with van der Waals surface area (Å²) in [6, 6.07) is 6.44. The van der Waals surface area contributed by atoms with Gasteiger partial charge in [-0.15, -0.1) is 5.10 Å². The van der Waals surface area contributed by atoms with E-state index in [9.17, 15) is 15.0 Å². The van der Waals surface area contributed by atoms with Crippen LogP contribution in [0.2, 0.25) is 0 Å². The molecule has 1 aliphatic carbocycles. The lowest BCUT2D eigenvalue weighted by Gasteiger charge is -2.36. The molecule has 4 rings (SSSR count). The van der Waals surface area contributed by atoms with Gasteiger partial charge in [0.15, 0.2) is 0 Å². The first-order valence-electron chi connectivity index (χ1n) is 11.6. The molecule has 2 amide bonds. The standard InChI is InChI=1S/C23H33N5O5/c1-32-17-6-4-16(5-7-17)24-22(30)25-19-9-8-18(33-20(19)15-29)10-13-28-14-21(26-27-28)23(31)11-2-3-12-23/h4-7,14,18-20,29,31H,2-3,8-13,15H2,1H3,(H2,24,25,30)/t18-,19-,20+/m1/s1. The number of amides is 2. The van der Waals surface area contributed by atoms with Crippen LogP contribution in [0.25, 0.3) is 0 Å².